The highest BCUT2D eigenvalue weighted by molar-refractivity contribution is 5.91. The number of carbonyl (C=O) groups is 1. The van der Waals surface area contributed by atoms with Crippen molar-refractivity contribution in [2.45, 2.75) is 25.5 Å². The summed E-state index contributed by atoms with van der Waals surface area (Å²) >= 11 is 0. The number of carboxylic acids is 1. The summed E-state index contributed by atoms with van der Waals surface area (Å²) in [5.41, 5.74) is 1.77. The lowest BCUT2D eigenvalue weighted by molar-refractivity contribution is 0.0696. The number of nitrogens with zero attached hydrogens (tertiary/aromatic N) is 3. The zero-order chi connectivity index (χ0) is 15.5. The normalized spacial score (nSPS) is 16.8. The summed E-state index contributed by atoms with van der Waals surface area (Å²) in [5.74, 6) is -0.948. The fourth-order valence-electron chi connectivity index (χ4n) is 2.76. The van der Waals surface area contributed by atoms with Crippen molar-refractivity contribution in [1.29, 1.82) is 0 Å². The fraction of sp³-hybridized carbons (Fsp3) is 0.375. The van der Waals surface area contributed by atoms with E-state index in [1.54, 1.807) is 29.1 Å². The molecule has 3 rings (SSSR count). The molecule has 1 saturated heterocycles. The van der Waals surface area contributed by atoms with Crippen molar-refractivity contribution in [2.75, 3.05) is 13.1 Å². The van der Waals surface area contributed by atoms with E-state index in [0.29, 0.717) is 5.69 Å². The third kappa shape index (κ3) is 3.18. The molecule has 1 aromatic carbocycles. The molecule has 1 aliphatic heterocycles. The molecule has 0 aliphatic carbocycles. The van der Waals surface area contributed by atoms with Crippen molar-refractivity contribution >= 4 is 5.97 Å². The van der Waals surface area contributed by atoms with Gasteiger partial charge in [-0.25, -0.2) is 9.78 Å². The summed E-state index contributed by atoms with van der Waals surface area (Å²) in [5, 5.41) is 18.8. The summed E-state index contributed by atoms with van der Waals surface area (Å²) in [4.78, 5) is 17.9. The van der Waals surface area contributed by atoms with E-state index in [-0.39, 0.29) is 11.7 Å². The van der Waals surface area contributed by atoms with Crippen molar-refractivity contribution < 1.29 is 15.0 Å². The van der Waals surface area contributed by atoms with Crippen molar-refractivity contribution in [3.63, 3.8) is 0 Å². The summed E-state index contributed by atoms with van der Waals surface area (Å²) in [7, 11) is 0. The largest absolute Gasteiger partial charge is 0.478 e. The molecule has 0 atom stereocenters. The number of para-hydroxylation sites is 1. The molecule has 1 aromatic heterocycles. The number of aliphatic hydroxyl groups excluding tert-OH is 1. The second-order valence-electron chi connectivity index (χ2n) is 5.60. The predicted octanol–water partition coefficient (Wildman–Crippen LogP) is 1.53. The lowest BCUT2D eigenvalue weighted by Crippen LogP contribution is -2.35. The fourth-order valence-corrected chi connectivity index (χ4v) is 2.76. The number of aromatic nitrogens is 2. The third-order valence-electron chi connectivity index (χ3n) is 3.99. The second kappa shape index (κ2) is 6.29. The zero-order valence-electron chi connectivity index (χ0n) is 12.2. The standard InChI is InChI=1S/C16H19N3O3/c20-13-5-7-18(8-6-13)9-12-10-19(11-17-12)15-4-2-1-3-14(15)16(21)22/h1-4,10-11,13,20H,5-9H2,(H,21,22). The van der Waals surface area contributed by atoms with E-state index in [1.807, 2.05) is 12.3 Å². The number of piperidine rings is 1. The third-order valence-corrected chi connectivity index (χ3v) is 3.99. The van der Waals surface area contributed by atoms with Crippen LogP contribution in [0.25, 0.3) is 5.69 Å². The molecular weight excluding hydrogens is 282 g/mol. The minimum atomic E-state index is -0.948. The van der Waals surface area contributed by atoms with Gasteiger partial charge < -0.3 is 14.8 Å². The first-order valence-corrected chi connectivity index (χ1v) is 7.39. The Hall–Kier alpha value is -2.18. The Morgan fingerprint density at radius 2 is 2.00 bits per heavy atom. The van der Waals surface area contributed by atoms with Crippen LogP contribution >= 0.6 is 0 Å². The van der Waals surface area contributed by atoms with Gasteiger partial charge in [0, 0.05) is 25.8 Å². The van der Waals surface area contributed by atoms with Gasteiger partial charge in [0.15, 0.2) is 0 Å². The highest BCUT2D eigenvalue weighted by Gasteiger charge is 2.18. The molecular formula is C16H19N3O3. The quantitative estimate of drug-likeness (QED) is 0.895. The molecule has 0 bridgehead atoms. The smallest absolute Gasteiger partial charge is 0.337 e. The first-order chi connectivity index (χ1) is 10.6. The Bertz CT molecular complexity index is 660. The number of hydrogen-bond acceptors (Lipinski definition) is 4. The van der Waals surface area contributed by atoms with Gasteiger partial charge >= 0.3 is 5.97 Å². The van der Waals surface area contributed by atoms with E-state index in [9.17, 15) is 15.0 Å². The number of likely N-dealkylation sites (tertiary alicyclic amines) is 1. The van der Waals surface area contributed by atoms with Gasteiger partial charge in [0.1, 0.15) is 0 Å². The average molecular weight is 301 g/mol. The number of hydrogen-bond donors (Lipinski definition) is 2. The van der Waals surface area contributed by atoms with Crippen LogP contribution in [0.2, 0.25) is 0 Å². The molecule has 0 spiro atoms. The molecule has 2 N–H and O–H groups in total. The Morgan fingerprint density at radius 1 is 1.27 bits per heavy atom. The van der Waals surface area contributed by atoms with Crippen LogP contribution in [-0.2, 0) is 6.54 Å². The van der Waals surface area contributed by atoms with Gasteiger partial charge in [-0.2, -0.15) is 0 Å². The van der Waals surface area contributed by atoms with E-state index in [4.69, 9.17) is 0 Å². The average Bonchev–Trinajstić information content (AvgIpc) is 2.98. The van der Waals surface area contributed by atoms with Gasteiger partial charge in [0.05, 0.1) is 29.4 Å². The highest BCUT2D eigenvalue weighted by Crippen LogP contribution is 2.17. The van der Waals surface area contributed by atoms with Crippen molar-refractivity contribution in [3.8, 4) is 5.69 Å². The number of imidazole rings is 1. The molecule has 1 fully saturated rings. The van der Waals surface area contributed by atoms with Crippen molar-refractivity contribution in [2.24, 2.45) is 0 Å². The summed E-state index contributed by atoms with van der Waals surface area (Å²) < 4.78 is 1.75. The topological polar surface area (TPSA) is 78.6 Å². The first-order valence-electron chi connectivity index (χ1n) is 7.39. The lowest BCUT2D eigenvalue weighted by Gasteiger charge is -2.28. The maximum atomic E-state index is 11.3. The SMILES string of the molecule is O=C(O)c1ccccc1-n1cnc(CN2CCC(O)CC2)c1. The summed E-state index contributed by atoms with van der Waals surface area (Å²) in [6.07, 6.45) is 4.92. The van der Waals surface area contributed by atoms with Crippen LogP contribution in [0.3, 0.4) is 0 Å². The van der Waals surface area contributed by atoms with Crippen LogP contribution in [0, 0.1) is 0 Å². The maximum Gasteiger partial charge on any atom is 0.337 e. The van der Waals surface area contributed by atoms with Crippen LogP contribution < -0.4 is 0 Å². The molecule has 1 aliphatic rings. The van der Waals surface area contributed by atoms with Gasteiger partial charge in [-0.1, -0.05) is 12.1 Å². The molecule has 6 heteroatoms. The number of rotatable bonds is 4. The molecule has 0 amide bonds. The highest BCUT2D eigenvalue weighted by atomic mass is 16.4. The van der Waals surface area contributed by atoms with E-state index < -0.39 is 5.97 Å². The maximum absolute atomic E-state index is 11.3. The number of benzene rings is 1. The zero-order valence-corrected chi connectivity index (χ0v) is 12.2. The Labute approximate surface area is 128 Å². The minimum Gasteiger partial charge on any atom is -0.478 e. The molecule has 116 valence electrons. The van der Waals surface area contributed by atoms with Gasteiger partial charge in [0.2, 0.25) is 0 Å². The molecule has 0 unspecified atom stereocenters. The van der Waals surface area contributed by atoms with E-state index in [2.05, 4.69) is 9.88 Å². The molecule has 6 nitrogen and oxygen atoms in total. The Balaban J connectivity index is 1.75. The Kier molecular flexibility index (Phi) is 4.22. The molecule has 0 saturated carbocycles. The molecule has 0 radical (unpaired) electrons. The van der Waals surface area contributed by atoms with E-state index >= 15 is 0 Å². The monoisotopic (exact) mass is 301 g/mol. The molecule has 22 heavy (non-hydrogen) atoms. The van der Waals surface area contributed by atoms with E-state index in [0.717, 1.165) is 38.2 Å². The minimum absolute atomic E-state index is 0.184. The number of carboxylic acid groups (broad SMARTS) is 1. The molecule has 2 aromatic rings. The van der Waals surface area contributed by atoms with Crippen LogP contribution in [0.15, 0.2) is 36.8 Å². The number of aromatic carboxylic acids is 1. The summed E-state index contributed by atoms with van der Waals surface area (Å²) in [6, 6.07) is 6.88. The van der Waals surface area contributed by atoms with E-state index in [1.165, 1.54) is 0 Å². The van der Waals surface area contributed by atoms with Crippen molar-refractivity contribution in [3.05, 3.63) is 48.0 Å². The molecule has 2 heterocycles. The van der Waals surface area contributed by atoms with Gasteiger partial charge in [-0.05, 0) is 25.0 Å². The van der Waals surface area contributed by atoms with Crippen LogP contribution in [0.5, 0.6) is 0 Å². The summed E-state index contributed by atoms with van der Waals surface area (Å²) in [6.45, 7) is 2.44. The predicted molar refractivity (Wildman–Crippen MR) is 81.0 cm³/mol. The Morgan fingerprint density at radius 3 is 2.73 bits per heavy atom. The van der Waals surface area contributed by atoms with Gasteiger partial charge in [0.25, 0.3) is 0 Å². The van der Waals surface area contributed by atoms with Crippen LogP contribution in [0.1, 0.15) is 28.9 Å². The van der Waals surface area contributed by atoms with Gasteiger partial charge in [-0.3, -0.25) is 4.90 Å². The lowest BCUT2D eigenvalue weighted by atomic mass is 10.1. The van der Waals surface area contributed by atoms with Crippen LogP contribution in [0.4, 0.5) is 0 Å². The van der Waals surface area contributed by atoms with Crippen LogP contribution in [-0.4, -0.2) is 49.8 Å². The van der Waals surface area contributed by atoms with Gasteiger partial charge in [-0.15, -0.1) is 0 Å². The second-order valence-corrected chi connectivity index (χ2v) is 5.60. The number of aliphatic hydroxyl groups is 1. The van der Waals surface area contributed by atoms with Crippen molar-refractivity contribution in [1.82, 2.24) is 14.5 Å². The first kappa shape index (κ1) is 14.7.